The zero-order valence-electron chi connectivity index (χ0n) is 21.7. The quantitative estimate of drug-likeness (QED) is 0.173. The van der Waals surface area contributed by atoms with Crippen LogP contribution in [0.4, 0.5) is 10.5 Å². The van der Waals surface area contributed by atoms with Gasteiger partial charge in [-0.2, -0.15) is 0 Å². The van der Waals surface area contributed by atoms with E-state index in [1.807, 2.05) is 84.9 Å². The van der Waals surface area contributed by atoms with Gasteiger partial charge >= 0.3 is 6.09 Å². The van der Waals surface area contributed by atoms with E-state index in [1.54, 1.807) is 12.1 Å². The van der Waals surface area contributed by atoms with Crippen molar-refractivity contribution in [3.05, 3.63) is 146 Å². The van der Waals surface area contributed by atoms with Crippen molar-refractivity contribution in [3.63, 3.8) is 0 Å². The molecule has 0 N–H and O–H groups in total. The van der Waals surface area contributed by atoms with Crippen LogP contribution < -0.4 is 0 Å². The molecule has 0 bridgehead atoms. The molecule has 0 unspecified atom stereocenters. The molecule has 9 heteroatoms. The number of hydrogen-bond donors (Lipinski definition) is 0. The fourth-order valence-corrected chi connectivity index (χ4v) is 5.92. The van der Waals surface area contributed by atoms with Gasteiger partial charge in [0, 0.05) is 22.5 Å². The summed E-state index contributed by atoms with van der Waals surface area (Å²) in [5.74, 6) is -1.72. The number of non-ortho nitro benzene ring substituents is 1. The van der Waals surface area contributed by atoms with Gasteiger partial charge in [0.2, 0.25) is 5.91 Å². The predicted octanol–water partition coefficient (Wildman–Crippen LogP) is 7.02. The molecule has 2 aliphatic rings. The van der Waals surface area contributed by atoms with Crippen molar-refractivity contribution in [2.75, 3.05) is 6.61 Å². The number of benzene rings is 4. The van der Waals surface area contributed by atoms with E-state index < -0.39 is 40.8 Å². The smallest absolute Gasteiger partial charge is 0.417 e. The molecule has 8 nitrogen and oxygen atoms in total. The Hall–Kier alpha value is -4.63. The van der Waals surface area contributed by atoms with E-state index in [1.165, 1.54) is 17.0 Å². The van der Waals surface area contributed by atoms with Crippen molar-refractivity contribution in [1.82, 2.24) is 4.90 Å². The molecule has 4 aromatic carbocycles. The summed E-state index contributed by atoms with van der Waals surface area (Å²) >= 11 is 3.50. The largest absolute Gasteiger partial charge is 0.446 e. The number of nitrogens with zero attached hydrogens (tertiary/aromatic N) is 3. The summed E-state index contributed by atoms with van der Waals surface area (Å²) in [7, 11) is 0. The Labute approximate surface area is 244 Å². The van der Waals surface area contributed by atoms with Crippen molar-refractivity contribution >= 4 is 39.3 Å². The Bertz CT molecular complexity index is 1630. The lowest BCUT2D eigenvalue weighted by Gasteiger charge is -2.30. The summed E-state index contributed by atoms with van der Waals surface area (Å²) in [6.07, 6.45) is -0.700. The van der Waals surface area contributed by atoms with Gasteiger partial charge in [0.25, 0.3) is 5.69 Å². The highest BCUT2D eigenvalue weighted by Gasteiger charge is 2.51. The van der Waals surface area contributed by atoms with Gasteiger partial charge in [-0.05, 0) is 34.4 Å². The number of nitro groups is 1. The minimum Gasteiger partial charge on any atom is -0.446 e. The summed E-state index contributed by atoms with van der Waals surface area (Å²) < 4.78 is 6.30. The van der Waals surface area contributed by atoms with E-state index in [9.17, 15) is 19.7 Å². The van der Waals surface area contributed by atoms with Gasteiger partial charge < -0.3 is 4.74 Å². The van der Waals surface area contributed by atoms with Crippen LogP contribution in [0.25, 0.3) is 0 Å². The Morgan fingerprint density at radius 2 is 1.46 bits per heavy atom. The maximum atomic E-state index is 14.7. The second kappa shape index (κ2) is 11.1. The Kier molecular flexibility index (Phi) is 7.19. The summed E-state index contributed by atoms with van der Waals surface area (Å²) in [6.45, 7) is 0.0544. The van der Waals surface area contributed by atoms with Crippen molar-refractivity contribution < 1.29 is 19.2 Å². The molecule has 41 heavy (non-hydrogen) atoms. The zero-order chi connectivity index (χ0) is 28.5. The Balaban J connectivity index is 1.51. The molecule has 4 aromatic rings. The standard InChI is InChI=1S/C32H24BrN3O5/c33-24-15-11-21(12-16-24)27-28(31(37)35-26(19-41-32(35)38)20-7-3-1-4-8-20)30(23-13-17-25(18-14-23)36(39)40)34-29(27)22-9-5-2-6-10-22/h1-18,26-28,30H,19H2/t26-,27+,28+,30+/m1/s1. The van der Waals surface area contributed by atoms with Gasteiger partial charge in [0.15, 0.2) is 0 Å². The van der Waals surface area contributed by atoms with Crippen LogP contribution in [0, 0.1) is 16.0 Å². The number of cyclic esters (lactones) is 1. The predicted molar refractivity (Wildman–Crippen MR) is 157 cm³/mol. The van der Waals surface area contributed by atoms with Crippen molar-refractivity contribution in [2.24, 2.45) is 10.9 Å². The van der Waals surface area contributed by atoms with E-state index in [4.69, 9.17) is 9.73 Å². The van der Waals surface area contributed by atoms with Gasteiger partial charge in [0.05, 0.1) is 22.6 Å². The van der Waals surface area contributed by atoms with Crippen LogP contribution in [0.3, 0.4) is 0 Å². The molecule has 1 saturated heterocycles. The molecular formula is C32H24BrN3O5. The van der Waals surface area contributed by atoms with Crippen LogP contribution in [0.2, 0.25) is 0 Å². The first-order chi connectivity index (χ1) is 19.9. The maximum absolute atomic E-state index is 14.7. The third-order valence-electron chi connectivity index (χ3n) is 7.60. The van der Waals surface area contributed by atoms with Crippen LogP contribution >= 0.6 is 15.9 Å². The average Bonchev–Trinajstić information content (AvgIpc) is 3.59. The minimum absolute atomic E-state index is 0.0544. The second-order valence-electron chi connectivity index (χ2n) is 9.94. The van der Waals surface area contributed by atoms with Crippen LogP contribution in [0.15, 0.2) is 119 Å². The van der Waals surface area contributed by atoms with E-state index in [0.29, 0.717) is 11.3 Å². The lowest BCUT2D eigenvalue weighted by atomic mass is 9.77. The van der Waals surface area contributed by atoms with E-state index in [0.717, 1.165) is 21.2 Å². The van der Waals surface area contributed by atoms with Crippen molar-refractivity contribution in [2.45, 2.75) is 18.0 Å². The van der Waals surface area contributed by atoms with Gasteiger partial charge in [-0.15, -0.1) is 0 Å². The fraction of sp³-hybridized carbons (Fsp3) is 0.156. The van der Waals surface area contributed by atoms with E-state index in [-0.39, 0.29) is 12.3 Å². The number of carbonyl (C=O) groups is 2. The molecule has 0 spiro atoms. The van der Waals surface area contributed by atoms with Crippen LogP contribution in [0.1, 0.15) is 40.3 Å². The first-order valence-electron chi connectivity index (χ1n) is 13.1. The van der Waals surface area contributed by atoms with Gasteiger partial charge in [-0.1, -0.05) is 101 Å². The number of halogens is 1. The molecule has 2 amide bonds. The lowest BCUT2D eigenvalue weighted by molar-refractivity contribution is -0.384. The molecular weight excluding hydrogens is 586 g/mol. The third-order valence-corrected chi connectivity index (χ3v) is 8.12. The van der Waals surface area contributed by atoms with Crippen LogP contribution in [0.5, 0.6) is 0 Å². The molecule has 0 saturated carbocycles. The minimum atomic E-state index is -0.815. The number of rotatable bonds is 6. The molecule has 4 atom stereocenters. The fourth-order valence-electron chi connectivity index (χ4n) is 5.66. The van der Waals surface area contributed by atoms with Crippen molar-refractivity contribution in [1.29, 1.82) is 0 Å². The average molecular weight is 610 g/mol. The van der Waals surface area contributed by atoms with Crippen LogP contribution in [-0.4, -0.2) is 34.1 Å². The number of aliphatic imine (C=N–C) groups is 1. The van der Waals surface area contributed by atoms with Crippen molar-refractivity contribution in [3.8, 4) is 0 Å². The molecule has 0 radical (unpaired) electrons. The second-order valence-corrected chi connectivity index (χ2v) is 10.9. The zero-order valence-corrected chi connectivity index (χ0v) is 23.3. The molecule has 6 rings (SSSR count). The number of hydrogen-bond acceptors (Lipinski definition) is 6. The normalized spacial score (nSPS) is 21.8. The number of carbonyl (C=O) groups excluding carboxylic acids is 2. The summed E-state index contributed by atoms with van der Waals surface area (Å²) in [4.78, 5) is 45.0. The number of imide groups is 1. The lowest BCUT2D eigenvalue weighted by Crippen LogP contribution is -2.42. The number of ether oxygens (including phenoxy) is 1. The van der Waals surface area contributed by atoms with Crippen LogP contribution in [-0.2, 0) is 9.53 Å². The summed E-state index contributed by atoms with van der Waals surface area (Å²) in [5, 5.41) is 11.4. The highest BCUT2D eigenvalue weighted by Crippen LogP contribution is 2.48. The molecule has 204 valence electrons. The topological polar surface area (TPSA) is 102 Å². The van der Waals surface area contributed by atoms with E-state index >= 15 is 0 Å². The van der Waals surface area contributed by atoms with E-state index in [2.05, 4.69) is 15.9 Å². The molecule has 1 fully saturated rings. The molecule has 2 aliphatic heterocycles. The Morgan fingerprint density at radius 3 is 2.10 bits per heavy atom. The molecule has 0 aliphatic carbocycles. The summed E-state index contributed by atoms with van der Waals surface area (Å²) in [6, 6.07) is 31.5. The first-order valence-corrected chi connectivity index (χ1v) is 13.9. The highest BCUT2D eigenvalue weighted by atomic mass is 79.9. The van der Waals surface area contributed by atoms with Gasteiger partial charge in [-0.3, -0.25) is 19.9 Å². The maximum Gasteiger partial charge on any atom is 0.417 e. The first kappa shape index (κ1) is 26.6. The van der Waals surface area contributed by atoms with Gasteiger partial charge in [-0.25, -0.2) is 9.69 Å². The number of nitro benzene ring substituents is 1. The highest BCUT2D eigenvalue weighted by molar-refractivity contribution is 9.10. The molecule has 2 heterocycles. The van der Waals surface area contributed by atoms with Gasteiger partial charge in [0.1, 0.15) is 12.6 Å². The Morgan fingerprint density at radius 1 is 0.854 bits per heavy atom. The number of amides is 2. The summed E-state index contributed by atoms with van der Waals surface area (Å²) in [5.41, 5.74) is 3.80. The monoisotopic (exact) mass is 609 g/mol. The third kappa shape index (κ3) is 5.04. The SMILES string of the molecule is O=C1OC[C@H](c2ccccc2)N1C(=O)[C@@H]1[C@H](c2ccc([N+](=O)[O-])cc2)N=C(c2ccccc2)[C@H]1c1ccc(Br)cc1. The molecule has 0 aromatic heterocycles.